The first kappa shape index (κ1) is 79.8. The molecule has 13 fully saturated rings. The summed E-state index contributed by atoms with van der Waals surface area (Å²) in [7, 11) is -7.46. The minimum Gasteiger partial charge on any atom is -0.482 e. The topological polar surface area (TPSA) is 281 Å². The molecule has 630 valence electrons. The van der Waals surface area contributed by atoms with Crippen LogP contribution in [-0.2, 0) is 85.8 Å². The monoisotopic (exact) mass is 1770 g/mol. The molecule has 12 aromatic rings. The van der Waals surface area contributed by atoms with Crippen molar-refractivity contribution in [3.63, 3.8) is 0 Å². The molecule has 22 nitrogen and oxygen atoms in total. The molecule has 9 heterocycles. The van der Waals surface area contributed by atoms with Gasteiger partial charge in [0, 0.05) is 172 Å². The summed E-state index contributed by atoms with van der Waals surface area (Å²) in [6.45, 7) is -0.732. The minimum atomic E-state index is -3.64. The van der Waals surface area contributed by atoms with Crippen molar-refractivity contribution in [1.29, 1.82) is 0 Å². The predicted octanol–water partition coefficient (Wildman–Crippen LogP) is 17.2. The standard InChI is InChI=1S/C26H25O4S.C24H21O5S.C23H21O6S2.C22H19O7S2/c27-24(30-26-13-17-11-19(14-26)25(28)20(12-17)15-26)16-29-21-5-7-22(8-6-21)31-10-9-18-3-1-2-4-23(18)31;25-21(28-22-15-11-18-19(12-15)24(26)29-23(18)22)13-27-16-5-7-17(8-6-16)30-10-9-14-3-1-2-4-20(14)30;24-21(28-22-15-11-18-20(12-15)31(25,26)29-23(18)22)13-27-16-5-7-17(8-6-16)30-10-9-14-3-1-2-4-19(14)30;23-19(28-20-16-11-18-21(27-16)22(20)29-31(18,24)25)12-26-14-5-7-15(8-6-14)30-10-9-13-3-1-2-4-17(13)30/h1-10,17,19-20H,11-16H2;1-10,15,18-19,22-23H,11-13H2;1-10,15,18,20,22-23H,11-13H2;1-10,16,18,20-22H,11-12H2/q4*+1. The van der Waals surface area contributed by atoms with Crippen molar-refractivity contribution in [2.45, 2.75) is 129 Å². The number of hydrogen-bond donors (Lipinski definition) is 0. The third kappa shape index (κ3) is 15.3. The normalized spacial score (nSPS) is 30.0. The van der Waals surface area contributed by atoms with E-state index in [1.807, 2.05) is 103 Å². The summed E-state index contributed by atoms with van der Waals surface area (Å²) in [6.07, 6.45) is 3.50. The minimum absolute atomic E-state index is 0.0205. The zero-order chi connectivity index (χ0) is 83.6. The van der Waals surface area contributed by atoms with E-state index in [4.69, 9.17) is 55.7 Å². The highest BCUT2D eigenvalue weighted by atomic mass is 32.2. The van der Waals surface area contributed by atoms with Crippen molar-refractivity contribution in [1.82, 2.24) is 0 Å². The highest BCUT2D eigenvalue weighted by molar-refractivity contribution is 7.88. The molecule has 10 bridgehead atoms. The van der Waals surface area contributed by atoms with Gasteiger partial charge in [0.2, 0.25) is 0 Å². The quantitative estimate of drug-likeness (QED) is 0.0296. The lowest BCUT2D eigenvalue weighted by atomic mass is 9.53. The van der Waals surface area contributed by atoms with Gasteiger partial charge in [-0.1, -0.05) is 48.5 Å². The zero-order valence-corrected chi connectivity index (χ0v) is 71.2. The number of rotatable bonds is 20. The number of ketones is 1. The molecular weight excluding hydrogens is 1690 g/mol. The van der Waals surface area contributed by atoms with Gasteiger partial charge in [0.1, 0.15) is 97.8 Å². The molecule has 5 aliphatic heterocycles. The predicted molar refractivity (Wildman–Crippen MR) is 464 cm³/mol. The van der Waals surface area contributed by atoms with E-state index in [2.05, 4.69) is 137 Å². The Balaban J connectivity index is 0.000000101. The molecule has 21 unspecified atom stereocenters. The Labute approximate surface area is 719 Å². The van der Waals surface area contributed by atoms with Gasteiger partial charge in [0.25, 0.3) is 20.2 Å². The second-order valence-corrected chi connectivity index (χ2v) is 44.9. The molecule has 25 rings (SSSR count). The highest BCUT2D eigenvalue weighted by Gasteiger charge is 2.68. The molecule has 4 aromatic heterocycles. The fourth-order valence-electron chi connectivity index (χ4n) is 21.4. The lowest BCUT2D eigenvalue weighted by Gasteiger charge is -2.54. The largest absolute Gasteiger partial charge is 0.482 e. The van der Waals surface area contributed by atoms with Crippen LogP contribution in [0.5, 0.6) is 23.0 Å². The summed E-state index contributed by atoms with van der Waals surface area (Å²) in [5, 5.41) is 12.9. The van der Waals surface area contributed by atoms with Crippen molar-refractivity contribution < 1.29 is 101 Å². The number of fused-ring (bicyclic) bond motifs is 7. The Morgan fingerprint density at radius 1 is 0.374 bits per heavy atom. The van der Waals surface area contributed by atoms with Crippen LogP contribution >= 0.6 is 41.9 Å². The van der Waals surface area contributed by atoms with Crippen molar-refractivity contribution in [3.8, 4) is 42.6 Å². The number of carbonyl (C=O) groups excluding carboxylic acids is 6. The molecule has 21 atom stereocenters. The van der Waals surface area contributed by atoms with E-state index in [-0.39, 0.29) is 134 Å². The number of hydrogen-bond acceptors (Lipinski definition) is 22. The number of esters is 5. The smallest absolute Gasteiger partial charge is 0.344 e. The average molecular weight is 1770 g/mol. The lowest BCUT2D eigenvalue weighted by molar-refractivity contribution is -0.190. The van der Waals surface area contributed by atoms with Gasteiger partial charge in [-0.3, -0.25) is 18.0 Å². The number of thiophene rings is 4. The van der Waals surface area contributed by atoms with E-state index in [1.54, 1.807) is 0 Å². The molecular formula is C95H86O22S6+4. The van der Waals surface area contributed by atoms with Gasteiger partial charge in [-0.05, 0) is 167 Å². The maximum absolute atomic E-state index is 12.6. The van der Waals surface area contributed by atoms with Crippen LogP contribution in [0.4, 0.5) is 0 Å². The summed E-state index contributed by atoms with van der Waals surface area (Å²) in [5.74, 6) is 2.15. The number of Topliss-reactive ketones (excluding diaryl/α,β-unsaturated/α-hetero) is 1. The fraction of sp³-hybridized carbons (Fsp3) is 0.347. The summed E-state index contributed by atoms with van der Waals surface area (Å²) < 4.78 is 120. The average Bonchev–Trinajstić information content (AvgIpc) is 1.63. The van der Waals surface area contributed by atoms with Crippen molar-refractivity contribution in [2.75, 3.05) is 26.4 Å². The van der Waals surface area contributed by atoms with Crippen LogP contribution in [0.1, 0.15) is 64.2 Å². The molecule has 8 saturated carbocycles. The summed E-state index contributed by atoms with van der Waals surface area (Å²) in [4.78, 5) is 78.5. The Kier molecular flexibility index (Phi) is 20.9. The van der Waals surface area contributed by atoms with Gasteiger partial charge in [-0.2, -0.15) is 16.8 Å². The van der Waals surface area contributed by atoms with E-state index in [0.29, 0.717) is 60.4 Å². The van der Waals surface area contributed by atoms with Crippen molar-refractivity contribution >= 4 is 138 Å². The number of benzene rings is 8. The molecule has 8 aromatic carbocycles. The van der Waals surface area contributed by atoms with E-state index >= 15 is 0 Å². The molecule has 28 heteroatoms. The Bertz CT molecular complexity index is 6140. The van der Waals surface area contributed by atoms with Gasteiger partial charge in [-0.25, -0.2) is 19.2 Å². The molecule has 5 saturated heterocycles. The van der Waals surface area contributed by atoms with E-state index in [1.165, 1.54) is 59.9 Å². The van der Waals surface area contributed by atoms with Crippen LogP contribution in [0.3, 0.4) is 0 Å². The molecule has 123 heavy (non-hydrogen) atoms. The van der Waals surface area contributed by atoms with Gasteiger partial charge >= 0.3 is 29.8 Å². The second kappa shape index (κ2) is 32.3. The van der Waals surface area contributed by atoms with Gasteiger partial charge in [0.05, 0.1) is 17.3 Å². The molecule has 0 spiro atoms. The molecule has 13 aliphatic rings. The third-order valence-corrected chi connectivity index (χ3v) is 38.2. The number of ether oxygens (including phenoxy) is 10. The maximum Gasteiger partial charge on any atom is 0.344 e. The first-order chi connectivity index (χ1) is 59.7. The lowest BCUT2D eigenvalue weighted by Crippen LogP contribution is -2.57. The van der Waals surface area contributed by atoms with E-state index in [0.717, 1.165) is 38.5 Å². The first-order valence-corrected chi connectivity index (χ1v) is 49.8. The van der Waals surface area contributed by atoms with Gasteiger partial charge < -0.3 is 47.4 Å². The van der Waals surface area contributed by atoms with Gasteiger partial charge in [-0.15, -0.1) is 0 Å². The van der Waals surface area contributed by atoms with Gasteiger partial charge in [0.15, 0.2) is 70.9 Å². The SMILES string of the molecule is O=C(COc1ccc(-[s+]2ccc3ccccc32)cc1)OC12CC3CC(C1)C(=O)C(C3)C2.O=C(COc1ccc(-[s+]2ccc3ccccc32)cc1)OC1C2CC3C(=O)OC1C3C2.O=C(COc1ccc(-[s+]2ccc3ccccc32)cc1)OC1C2CC3C(O2)C1OS3(=O)=O.O=C(COc1ccc(-[s+]2ccc3ccccc32)cc1)OC1C2CC3C1OS(=O)(=O)C3C2. The van der Waals surface area contributed by atoms with Crippen LogP contribution in [0.25, 0.3) is 59.9 Å². The highest BCUT2D eigenvalue weighted by Crippen LogP contribution is 2.59. The van der Waals surface area contributed by atoms with Crippen molar-refractivity contribution in [3.05, 3.63) is 240 Å². The van der Waals surface area contributed by atoms with Crippen LogP contribution in [0.15, 0.2) is 240 Å². The molecule has 0 radical (unpaired) electrons. The summed E-state index contributed by atoms with van der Waals surface area (Å²) in [6, 6.07) is 73.5. The summed E-state index contributed by atoms with van der Waals surface area (Å²) >= 11 is 0. The number of carbonyl (C=O) groups is 6. The second-order valence-electron chi connectivity index (χ2n) is 33.9. The van der Waals surface area contributed by atoms with Crippen LogP contribution in [-0.4, -0.2) is 144 Å². The zero-order valence-electron chi connectivity index (χ0n) is 66.3. The Morgan fingerprint density at radius 2 is 0.756 bits per heavy atom. The molecule has 0 amide bonds. The summed E-state index contributed by atoms with van der Waals surface area (Å²) in [5.41, 5.74) is -0.433. The van der Waals surface area contributed by atoms with Crippen LogP contribution in [0.2, 0.25) is 0 Å². The molecule has 0 N–H and O–H groups in total. The maximum atomic E-state index is 12.6. The van der Waals surface area contributed by atoms with E-state index < -0.39 is 90.9 Å². The third-order valence-electron chi connectivity index (χ3n) is 26.6. The van der Waals surface area contributed by atoms with Crippen molar-refractivity contribution in [2.24, 2.45) is 47.3 Å². The van der Waals surface area contributed by atoms with Crippen LogP contribution < -0.4 is 18.9 Å². The first-order valence-electron chi connectivity index (χ1n) is 41.7. The Hall–Kier alpha value is -10.4. The molecule has 8 aliphatic carbocycles. The fourth-order valence-corrected chi connectivity index (χ4v) is 32.4. The Morgan fingerprint density at radius 3 is 1.20 bits per heavy atom. The van der Waals surface area contributed by atoms with Crippen LogP contribution in [0, 0.1) is 47.3 Å². The van der Waals surface area contributed by atoms with E-state index in [9.17, 15) is 45.6 Å².